The summed E-state index contributed by atoms with van der Waals surface area (Å²) in [6.45, 7) is 2.29. The molecule has 0 aliphatic heterocycles. The van der Waals surface area contributed by atoms with Crippen LogP contribution >= 0.6 is 0 Å². The predicted molar refractivity (Wildman–Crippen MR) is 81.9 cm³/mol. The molecule has 0 saturated carbocycles. The van der Waals surface area contributed by atoms with Crippen LogP contribution in [0.4, 0.5) is 10.1 Å². The molecule has 4 heteroatoms. The summed E-state index contributed by atoms with van der Waals surface area (Å²) in [6.07, 6.45) is 0.814. The molecule has 110 valence electrons. The highest BCUT2D eigenvalue weighted by molar-refractivity contribution is 5.51. The number of hydrogen-bond donors (Lipinski definition) is 2. The van der Waals surface area contributed by atoms with E-state index >= 15 is 0 Å². The molecule has 0 heterocycles. The second-order valence-electron chi connectivity index (χ2n) is 5.25. The van der Waals surface area contributed by atoms with Gasteiger partial charge in [-0.3, -0.25) is 0 Å². The Hall–Kier alpha value is -2.07. The molecule has 3 N–H and O–H groups in total. The van der Waals surface area contributed by atoms with Gasteiger partial charge in [0.15, 0.2) is 11.6 Å². The predicted octanol–water partition coefficient (Wildman–Crippen LogP) is 3.78. The van der Waals surface area contributed by atoms with Gasteiger partial charge in [0, 0.05) is 17.8 Å². The first-order valence-corrected chi connectivity index (χ1v) is 7.22. The largest absolute Gasteiger partial charge is 0.491 e. The van der Waals surface area contributed by atoms with Crippen molar-refractivity contribution in [3.8, 4) is 5.75 Å². The Morgan fingerprint density at radius 3 is 2.71 bits per heavy atom. The van der Waals surface area contributed by atoms with Crippen LogP contribution in [0.15, 0.2) is 42.5 Å². The molecule has 0 saturated heterocycles. The molecule has 2 aromatic carbocycles. The number of nitrogens with two attached hydrogens (primary N) is 1. The minimum absolute atomic E-state index is 0.0336. The number of rotatable bonds is 4. The van der Waals surface area contributed by atoms with E-state index in [1.54, 1.807) is 6.07 Å². The Morgan fingerprint density at radius 1 is 1.24 bits per heavy atom. The second-order valence-corrected chi connectivity index (χ2v) is 5.25. The normalized spacial score (nSPS) is 20.1. The summed E-state index contributed by atoms with van der Waals surface area (Å²) in [6, 6.07) is 13.2. The van der Waals surface area contributed by atoms with E-state index in [0.717, 1.165) is 12.1 Å². The van der Waals surface area contributed by atoms with E-state index in [1.807, 2.05) is 25.1 Å². The minimum Gasteiger partial charge on any atom is -0.491 e. The highest BCUT2D eigenvalue weighted by Crippen LogP contribution is 2.39. The summed E-state index contributed by atoms with van der Waals surface area (Å²) in [5.41, 5.74) is 9.25. The van der Waals surface area contributed by atoms with Crippen molar-refractivity contribution in [3.05, 3.63) is 59.4 Å². The number of benzene rings is 2. The topological polar surface area (TPSA) is 47.3 Å². The van der Waals surface area contributed by atoms with E-state index in [4.69, 9.17) is 10.5 Å². The molecule has 0 radical (unpaired) electrons. The summed E-state index contributed by atoms with van der Waals surface area (Å²) >= 11 is 0. The van der Waals surface area contributed by atoms with Gasteiger partial charge in [0.05, 0.1) is 12.6 Å². The molecule has 2 atom stereocenters. The highest BCUT2D eigenvalue weighted by atomic mass is 19.1. The molecule has 3 nitrogen and oxygen atoms in total. The van der Waals surface area contributed by atoms with Gasteiger partial charge in [-0.25, -0.2) is 4.39 Å². The standard InChI is InChI=1S/C17H19FN2O/c1-2-21-17-8-7-11(9-14(17)18)20-16-10-15(19)12-5-3-4-6-13(12)16/h3-9,15-16,20H,2,10,19H2,1H3. The number of ether oxygens (including phenoxy) is 1. The van der Waals surface area contributed by atoms with Crippen molar-refractivity contribution in [2.24, 2.45) is 5.73 Å². The Kier molecular flexibility index (Phi) is 3.80. The molecule has 2 unspecified atom stereocenters. The van der Waals surface area contributed by atoms with Gasteiger partial charge in [-0.05, 0) is 36.6 Å². The molecule has 0 bridgehead atoms. The number of anilines is 1. The molecule has 0 aromatic heterocycles. The van der Waals surface area contributed by atoms with Gasteiger partial charge in [-0.1, -0.05) is 24.3 Å². The van der Waals surface area contributed by atoms with Gasteiger partial charge in [0.2, 0.25) is 0 Å². The van der Waals surface area contributed by atoms with Crippen molar-refractivity contribution in [3.63, 3.8) is 0 Å². The van der Waals surface area contributed by atoms with Crippen LogP contribution in [0.2, 0.25) is 0 Å². The van der Waals surface area contributed by atoms with Crippen LogP contribution in [0.3, 0.4) is 0 Å². The van der Waals surface area contributed by atoms with Gasteiger partial charge in [0.1, 0.15) is 0 Å². The minimum atomic E-state index is -0.350. The van der Waals surface area contributed by atoms with E-state index < -0.39 is 0 Å². The molecule has 0 amide bonds. The van der Waals surface area contributed by atoms with Crippen molar-refractivity contribution in [1.29, 1.82) is 0 Å². The third kappa shape index (κ3) is 2.72. The molecular weight excluding hydrogens is 267 g/mol. The van der Waals surface area contributed by atoms with E-state index in [-0.39, 0.29) is 23.7 Å². The van der Waals surface area contributed by atoms with Gasteiger partial charge < -0.3 is 15.8 Å². The molecule has 0 fully saturated rings. The zero-order valence-electron chi connectivity index (χ0n) is 12.0. The summed E-state index contributed by atoms with van der Waals surface area (Å²) in [4.78, 5) is 0. The van der Waals surface area contributed by atoms with Gasteiger partial charge in [-0.15, -0.1) is 0 Å². The van der Waals surface area contributed by atoms with Gasteiger partial charge in [-0.2, -0.15) is 0 Å². The highest BCUT2D eigenvalue weighted by Gasteiger charge is 2.28. The maximum absolute atomic E-state index is 13.9. The lowest BCUT2D eigenvalue weighted by atomic mass is 10.1. The van der Waals surface area contributed by atoms with Crippen LogP contribution in [0.1, 0.15) is 36.6 Å². The first kappa shape index (κ1) is 13.9. The van der Waals surface area contributed by atoms with Gasteiger partial charge >= 0.3 is 0 Å². The molecule has 2 aromatic rings. The van der Waals surface area contributed by atoms with E-state index in [2.05, 4.69) is 17.4 Å². The molecule has 1 aliphatic rings. The summed E-state index contributed by atoms with van der Waals surface area (Å²) in [5.74, 6) is -0.0657. The fourth-order valence-electron chi connectivity index (χ4n) is 2.87. The summed E-state index contributed by atoms with van der Waals surface area (Å²) < 4.78 is 19.1. The Balaban J connectivity index is 1.80. The fourth-order valence-corrected chi connectivity index (χ4v) is 2.87. The first-order valence-electron chi connectivity index (χ1n) is 7.22. The average molecular weight is 286 g/mol. The van der Waals surface area contributed by atoms with Crippen molar-refractivity contribution in [2.45, 2.75) is 25.4 Å². The molecule has 21 heavy (non-hydrogen) atoms. The monoisotopic (exact) mass is 286 g/mol. The van der Waals surface area contributed by atoms with E-state index in [9.17, 15) is 4.39 Å². The smallest absolute Gasteiger partial charge is 0.167 e. The maximum Gasteiger partial charge on any atom is 0.167 e. The van der Waals surface area contributed by atoms with Crippen LogP contribution in [0, 0.1) is 5.82 Å². The van der Waals surface area contributed by atoms with Gasteiger partial charge in [0.25, 0.3) is 0 Å². The summed E-state index contributed by atoms with van der Waals surface area (Å²) in [7, 11) is 0. The lowest BCUT2D eigenvalue weighted by molar-refractivity contribution is 0.321. The maximum atomic E-state index is 13.9. The fraction of sp³-hybridized carbons (Fsp3) is 0.294. The Labute approximate surface area is 123 Å². The lowest BCUT2D eigenvalue weighted by Crippen LogP contribution is -2.10. The van der Waals surface area contributed by atoms with Crippen molar-refractivity contribution < 1.29 is 9.13 Å². The third-order valence-corrected chi connectivity index (χ3v) is 3.83. The summed E-state index contributed by atoms with van der Waals surface area (Å²) in [5, 5.41) is 3.36. The molecule has 0 spiro atoms. The van der Waals surface area contributed by atoms with Crippen molar-refractivity contribution >= 4 is 5.69 Å². The molecule has 1 aliphatic carbocycles. The second kappa shape index (κ2) is 5.74. The Morgan fingerprint density at radius 2 is 2.00 bits per heavy atom. The van der Waals surface area contributed by atoms with Crippen LogP contribution in [0.25, 0.3) is 0 Å². The van der Waals surface area contributed by atoms with Crippen LogP contribution in [0.5, 0.6) is 5.75 Å². The SMILES string of the molecule is CCOc1ccc(NC2CC(N)c3ccccc32)cc1F. The number of halogens is 1. The van der Waals surface area contributed by atoms with Crippen molar-refractivity contribution in [2.75, 3.05) is 11.9 Å². The van der Waals surface area contributed by atoms with Crippen LogP contribution < -0.4 is 15.8 Å². The molecular formula is C17H19FN2O. The quantitative estimate of drug-likeness (QED) is 0.899. The average Bonchev–Trinajstić information content (AvgIpc) is 2.79. The van der Waals surface area contributed by atoms with E-state index in [1.165, 1.54) is 17.2 Å². The first-order chi connectivity index (χ1) is 10.2. The van der Waals surface area contributed by atoms with E-state index in [0.29, 0.717) is 6.61 Å². The van der Waals surface area contributed by atoms with Crippen LogP contribution in [-0.4, -0.2) is 6.61 Å². The third-order valence-electron chi connectivity index (χ3n) is 3.83. The number of fused-ring (bicyclic) bond motifs is 1. The zero-order chi connectivity index (χ0) is 14.8. The molecule has 3 rings (SSSR count). The number of hydrogen-bond acceptors (Lipinski definition) is 3. The zero-order valence-corrected chi connectivity index (χ0v) is 12.0. The number of nitrogens with one attached hydrogen (secondary N) is 1. The van der Waals surface area contributed by atoms with Crippen LogP contribution in [-0.2, 0) is 0 Å². The lowest BCUT2D eigenvalue weighted by Gasteiger charge is -2.16. The Bertz CT molecular complexity index is 644. The van der Waals surface area contributed by atoms with Crippen molar-refractivity contribution in [1.82, 2.24) is 0 Å².